The fourth-order valence-electron chi connectivity index (χ4n) is 1.49. The van der Waals surface area contributed by atoms with Crippen LogP contribution in [0, 0.1) is 0 Å². The van der Waals surface area contributed by atoms with E-state index in [0.717, 1.165) is 4.47 Å². The number of aliphatic hydroxyl groups excluding tert-OH is 1. The van der Waals surface area contributed by atoms with Gasteiger partial charge in [-0.15, -0.1) is 0 Å². The van der Waals surface area contributed by atoms with Crippen LogP contribution in [0.2, 0.25) is 0 Å². The Morgan fingerprint density at radius 1 is 1.53 bits per heavy atom. The lowest BCUT2D eigenvalue weighted by molar-refractivity contribution is -0.0316. The Morgan fingerprint density at radius 3 is 2.88 bits per heavy atom. The van der Waals surface area contributed by atoms with Crippen molar-refractivity contribution < 1.29 is 23.1 Å². The van der Waals surface area contributed by atoms with E-state index in [9.17, 15) is 13.5 Å². The molecule has 1 aromatic carbocycles. The number of benzene rings is 1. The van der Waals surface area contributed by atoms with Gasteiger partial charge in [-0.3, -0.25) is 4.84 Å². The second kappa shape index (κ2) is 4.61. The average molecular weight is 259 g/mol. The lowest BCUT2D eigenvalue weighted by atomic mass is 10.3. The number of hydrogen-bond donors (Lipinski definition) is 1. The van der Waals surface area contributed by atoms with Crippen LogP contribution < -0.4 is 4.74 Å². The summed E-state index contributed by atoms with van der Waals surface area (Å²) in [5.41, 5.74) is 0. The van der Waals surface area contributed by atoms with Crippen LogP contribution >= 0.6 is 0 Å². The van der Waals surface area contributed by atoms with E-state index in [0.29, 0.717) is 5.75 Å². The van der Waals surface area contributed by atoms with Gasteiger partial charge in [0, 0.05) is 6.07 Å². The normalized spacial score (nSPS) is 21.6. The zero-order valence-corrected chi connectivity index (χ0v) is 10.1. The van der Waals surface area contributed by atoms with Crippen molar-refractivity contribution in [2.24, 2.45) is 0 Å². The molecule has 0 radical (unpaired) electrons. The minimum atomic E-state index is -3.73. The molecule has 6 nitrogen and oxygen atoms in total. The first-order valence-corrected chi connectivity index (χ1v) is 6.46. The average Bonchev–Trinajstić information content (AvgIpc) is 2.76. The summed E-state index contributed by atoms with van der Waals surface area (Å²) in [6, 6.07) is 6.09. The molecule has 1 aromatic rings. The van der Waals surface area contributed by atoms with Gasteiger partial charge in [-0.1, -0.05) is 10.5 Å². The first kappa shape index (κ1) is 12.3. The van der Waals surface area contributed by atoms with Crippen LogP contribution in [-0.4, -0.2) is 44.4 Å². The van der Waals surface area contributed by atoms with Crippen molar-refractivity contribution in [2.45, 2.75) is 11.0 Å². The van der Waals surface area contributed by atoms with Crippen LogP contribution in [0.1, 0.15) is 0 Å². The highest BCUT2D eigenvalue weighted by molar-refractivity contribution is 7.89. The van der Waals surface area contributed by atoms with Gasteiger partial charge >= 0.3 is 0 Å². The van der Waals surface area contributed by atoms with Crippen LogP contribution in [0.3, 0.4) is 0 Å². The molecule has 1 atom stereocenters. The molecule has 1 fully saturated rings. The number of aliphatic hydroxyl groups is 1. The molecule has 0 saturated carbocycles. The van der Waals surface area contributed by atoms with Gasteiger partial charge < -0.3 is 9.84 Å². The van der Waals surface area contributed by atoms with Crippen molar-refractivity contribution >= 4 is 10.0 Å². The molecular formula is C10H13NO5S. The highest BCUT2D eigenvalue weighted by Crippen LogP contribution is 2.23. The molecule has 1 heterocycles. The zero-order valence-electron chi connectivity index (χ0n) is 9.24. The number of hydrogen-bond acceptors (Lipinski definition) is 5. The van der Waals surface area contributed by atoms with Gasteiger partial charge in [0.2, 0.25) is 0 Å². The molecule has 1 unspecified atom stereocenters. The van der Waals surface area contributed by atoms with E-state index in [2.05, 4.69) is 0 Å². The monoisotopic (exact) mass is 259 g/mol. The maximum Gasteiger partial charge on any atom is 0.265 e. The van der Waals surface area contributed by atoms with E-state index in [1.54, 1.807) is 12.1 Å². The predicted octanol–water partition coefficient (Wildman–Crippen LogP) is -0.00800. The molecule has 1 aliphatic rings. The van der Waals surface area contributed by atoms with Crippen LogP contribution in [-0.2, 0) is 14.9 Å². The third kappa shape index (κ3) is 2.42. The molecular weight excluding hydrogens is 246 g/mol. The third-order valence-electron chi connectivity index (χ3n) is 2.38. The van der Waals surface area contributed by atoms with E-state index in [1.807, 2.05) is 0 Å². The molecule has 1 saturated heterocycles. The molecule has 0 spiro atoms. The summed E-state index contributed by atoms with van der Waals surface area (Å²) in [6.45, 7) is -0.0667. The molecule has 2 rings (SSSR count). The van der Waals surface area contributed by atoms with E-state index >= 15 is 0 Å². The molecule has 1 N–H and O–H groups in total. The minimum absolute atomic E-state index is 0.0107. The van der Waals surface area contributed by atoms with Gasteiger partial charge in [0.1, 0.15) is 5.75 Å². The number of hydroxylamine groups is 1. The van der Waals surface area contributed by atoms with Gasteiger partial charge in [0.15, 0.2) is 0 Å². The highest BCUT2D eigenvalue weighted by Gasteiger charge is 2.33. The Kier molecular flexibility index (Phi) is 3.34. The smallest absolute Gasteiger partial charge is 0.265 e. The Balaban J connectivity index is 2.31. The standard InChI is InChI=1S/C10H13NO5S/c1-15-9-3-2-4-10(5-9)17(13,14)11-6-8(12)7-16-11/h2-5,8,12H,6-7H2,1H3. The highest BCUT2D eigenvalue weighted by atomic mass is 32.2. The van der Waals surface area contributed by atoms with Crippen LogP contribution in [0.5, 0.6) is 5.75 Å². The van der Waals surface area contributed by atoms with E-state index < -0.39 is 16.1 Å². The van der Waals surface area contributed by atoms with Gasteiger partial charge in [-0.05, 0) is 12.1 Å². The first-order valence-electron chi connectivity index (χ1n) is 5.02. The molecule has 0 aliphatic carbocycles. The lowest BCUT2D eigenvalue weighted by Crippen LogP contribution is -2.28. The maximum absolute atomic E-state index is 12.1. The largest absolute Gasteiger partial charge is 0.497 e. The van der Waals surface area contributed by atoms with Crippen molar-refractivity contribution in [3.63, 3.8) is 0 Å². The van der Waals surface area contributed by atoms with E-state index in [4.69, 9.17) is 9.57 Å². The summed E-state index contributed by atoms with van der Waals surface area (Å²) in [5, 5.41) is 9.25. The topological polar surface area (TPSA) is 76.1 Å². The van der Waals surface area contributed by atoms with Gasteiger partial charge in [0.05, 0.1) is 31.3 Å². The van der Waals surface area contributed by atoms with E-state index in [-0.39, 0.29) is 18.0 Å². The van der Waals surface area contributed by atoms with Gasteiger partial charge in [-0.25, -0.2) is 8.42 Å². The lowest BCUT2D eigenvalue weighted by Gasteiger charge is -2.14. The number of β-amino-alcohol motifs (C(OH)–C–C–N with tert-alkyl or cyclic N) is 1. The molecule has 17 heavy (non-hydrogen) atoms. The second-order valence-electron chi connectivity index (χ2n) is 3.62. The Bertz CT molecular complexity index is 501. The number of rotatable bonds is 3. The first-order chi connectivity index (χ1) is 8.04. The molecule has 0 aromatic heterocycles. The Labute approximate surface area is 99.4 Å². The van der Waals surface area contributed by atoms with Crippen molar-refractivity contribution in [1.29, 1.82) is 0 Å². The zero-order chi connectivity index (χ0) is 12.5. The molecule has 94 valence electrons. The fraction of sp³-hybridized carbons (Fsp3) is 0.400. The van der Waals surface area contributed by atoms with Crippen molar-refractivity contribution in [1.82, 2.24) is 4.47 Å². The number of nitrogens with zero attached hydrogens (tertiary/aromatic N) is 1. The number of sulfonamides is 1. The Morgan fingerprint density at radius 2 is 2.29 bits per heavy atom. The van der Waals surface area contributed by atoms with Crippen molar-refractivity contribution in [3.05, 3.63) is 24.3 Å². The number of ether oxygens (including phenoxy) is 1. The summed E-state index contributed by atoms with van der Waals surface area (Å²) in [6.07, 6.45) is -0.782. The van der Waals surface area contributed by atoms with Crippen LogP contribution in [0.4, 0.5) is 0 Å². The minimum Gasteiger partial charge on any atom is -0.497 e. The summed E-state index contributed by atoms with van der Waals surface area (Å²) >= 11 is 0. The maximum atomic E-state index is 12.1. The predicted molar refractivity (Wildman–Crippen MR) is 58.8 cm³/mol. The van der Waals surface area contributed by atoms with Crippen molar-refractivity contribution in [2.75, 3.05) is 20.3 Å². The molecule has 0 amide bonds. The van der Waals surface area contributed by atoms with Gasteiger partial charge in [0.25, 0.3) is 10.0 Å². The summed E-state index contributed by atoms with van der Waals surface area (Å²) in [5.74, 6) is 0.450. The third-order valence-corrected chi connectivity index (χ3v) is 4.02. The quantitative estimate of drug-likeness (QED) is 0.826. The number of methoxy groups -OCH3 is 1. The summed E-state index contributed by atoms with van der Waals surface area (Å²) in [4.78, 5) is 4.99. The van der Waals surface area contributed by atoms with E-state index in [1.165, 1.54) is 19.2 Å². The fourth-order valence-corrected chi connectivity index (χ4v) is 2.81. The van der Waals surface area contributed by atoms with Crippen LogP contribution in [0.25, 0.3) is 0 Å². The molecule has 1 aliphatic heterocycles. The van der Waals surface area contributed by atoms with Crippen molar-refractivity contribution in [3.8, 4) is 5.75 Å². The molecule has 7 heteroatoms. The van der Waals surface area contributed by atoms with Gasteiger partial charge in [-0.2, -0.15) is 0 Å². The molecule has 0 bridgehead atoms. The summed E-state index contributed by atoms with van der Waals surface area (Å²) < 4.78 is 29.9. The summed E-state index contributed by atoms with van der Waals surface area (Å²) in [7, 11) is -2.27. The Hall–Kier alpha value is -1.15. The SMILES string of the molecule is COc1cccc(S(=O)(=O)N2CC(O)CO2)c1. The second-order valence-corrected chi connectivity index (χ2v) is 5.45. The van der Waals surface area contributed by atoms with Crippen LogP contribution in [0.15, 0.2) is 29.2 Å².